The fraction of sp³-hybridized carbons (Fsp3) is 0.278. The molecule has 23 heavy (non-hydrogen) atoms. The van der Waals surface area contributed by atoms with E-state index >= 15 is 0 Å². The van der Waals surface area contributed by atoms with E-state index in [2.05, 4.69) is 51.4 Å². The van der Waals surface area contributed by atoms with Gasteiger partial charge in [-0.3, -0.25) is 4.98 Å². The summed E-state index contributed by atoms with van der Waals surface area (Å²) < 4.78 is 1.88. The Bertz CT molecular complexity index is 809. The first-order chi connectivity index (χ1) is 11.3. The molecule has 4 rings (SSSR count). The second-order valence-electron chi connectivity index (χ2n) is 6.02. The van der Waals surface area contributed by atoms with E-state index in [9.17, 15) is 0 Å². The lowest BCUT2D eigenvalue weighted by molar-refractivity contribution is 0.647. The van der Waals surface area contributed by atoms with Crippen LogP contribution >= 0.6 is 0 Å². The molecule has 5 heteroatoms. The first-order valence-corrected chi connectivity index (χ1v) is 7.91. The lowest BCUT2D eigenvalue weighted by Crippen LogP contribution is -2.20. The quantitative estimate of drug-likeness (QED) is 0.743. The van der Waals surface area contributed by atoms with Crippen LogP contribution in [0.25, 0.3) is 0 Å². The number of hydrogen-bond acceptors (Lipinski definition) is 4. The van der Waals surface area contributed by atoms with E-state index in [1.165, 1.54) is 16.8 Å². The van der Waals surface area contributed by atoms with Gasteiger partial charge in [-0.25, -0.2) is 4.68 Å². The summed E-state index contributed by atoms with van der Waals surface area (Å²) >= 11 is 0. The van der Waals surface area contributed by atoms with Crippen molar-refractivity contribution in [3.63, 3.8) is 0 Å². The Morgan fingerprint density at radius 1 is 1.13 bits per heavy atom. The smallest absolute Gasteiger partial charge is 0.102 e. The van der Waals surface area contributed by atoms with Gasteiger partial charge < -0.3 is 4.90 Å². The minimum Gasteiger partial charge on any atom is -0.365 e. The normalized spacial score (nSPS) is 13.3. The zero-order valence-corrected chi connectivity index (χ0v) is 13.2. The van der Waals surface area contributed by atoms with E-state index in [1.807, 2.05) is 23.1 Å². The first-order valence-electron chi connectivity index (χ1n) is 7.91. The minimum absolute atomic E-state index is 0.705. The Morgan fingerprint density at radius 2 is 2.09 bits per heavy atom. The van der Waals surface area contributed by atoms with Crippen molar-refractivity contribution in [3.05, 3.63) is 71.3 Å². The molecule has 1 aliphatic heterocycles. The van der Waals surface area contributed by atoms with Crippen LogP contribution in [0.2, 0.25) is 0 Å². The predicted octanol–water partition coefficient (Wildman–Crippen LogP) is 2.59. The number of pyridine rings is 1. The third kappa shape index (κ3) is 2.82. The molecule has 0 spiro atoms. The molecule has 0 saturated carbocycles. The van der Waals surface area contributed by atoms with Gasteiger partial charge >= 0.3 is 0 Å². The van der Waals surface area contributed by atoms with E-state index in [0.29, 0.717) is 6.54 Å². The maximum atomic E-state index is 4.33. The van der Waals surface area contributed by atoms with Gasteiger partial charge in [0.1, 0.15) is 5.69 Å². The number of aryl methyl sites for hydroxylation is 1. The Hall–Kier alpha value is -2.69. The lowest BCUT2D eigenvalue weighted by atomic mass is 10.1. The first kappa shape index (κ1) is 13.9. The molecule has 0 radical (unpaired) electrons. The van der Waals surface area contributed by atoms with Crippen molar-refractivity contribution in [3.8, 4) is 0 Å². The highest BCUT2D eigenvalue weighted by Crippen LogP contribution is 2.32. The molecule has 0 atom stereocenters. The van der Waals surface area contributed by atoms with Gasteiger partial charge in [-0.2, -0.15) is 0 Å². The predicted molar refractivity (Wildman–Crippen MR) is 89.3 cm³/mol. The van der Waals surface area contributed by atoms with Crippen molar-refractivity contribution < 1.29 is 0 Å². The van der Waals surface area contributed by atoms with Crippen molar-refractivity contribution in [1.82, 2.24) is 20.0 Å². The van der Waals surface area contributed by atoms with Crippen molar-refractivity contribution >= 4 is 5.69 Å². The second-order valence-corrected chi connectivity index (χ2v) is 6.02. The van der Waals surface area contributed by atoms with Gasteiger partial charge in [0, 0.05) is 24.6 Å². The summed E-state index contributed by atoms with van der Waals surface area (Å²) in [5.74, 6) is 0. The molecule has 0 fully saturated rings. The topological polar surface area (TPSA) is 46.8 Å². The molecular formula is C18H19N5. The number of benzene rings is 1. The van der Waals surface area contributed by atoms with Crippen LogP contribution in [0.15, 0.2) is 48.9 Å². The Balaban J connectivity index is 1.49. The van der Waals surface area contributed by atoms with Crippen LogP contribution in [-0.2, 0) is 19.5 Å². The standard InChI is InChI=1S/C18H19N5/c1-14-4-2-6-16-7-9-22(18(14)16)12-17-13-23(21-20-17)11-15-5-3-8-19-10-15/h2-6,8,10,13H,7,9,11-12H2,1H3. The van der Waals surface area contributed by atoms with Gasteiger partial charge in [-0.1, -0.05) is 29.5 Å². The fourth-order valence-electron chi connectivity index (χ4n) is 3.26. The zero-order chi connectivity index (χ0) is 15.6. The monoisotopic (exact) mass is 305 g/mol. The largest absolute Gasteiger partial charge is 0.365 e. The summed E-state index contributed by atoms with van der Waals surface area (Å²) in [6, 6.07) is 10.5. The van der Waals surface area contributed by atoms with Crippen LogP contribution in [0.5, 0.6) is 0 Å². The molecule has 0 bridgehead atoms. The van der Waals surface area contributed by atoms with E-state index in [1.54, 1.807) is 6.20 Å². The van der Waals surface area contributed by atoms with Crippen molar-refractivity contribution in [2.45, 2.75) is 26.4 Å². The third-order valence-electron chi connectivity index (χ3n) is 4.29. The van der Waals surface area contributed by atoms with Gasteiger partial charge in [0.05, 0.1) is 19.3 Å². The van der Waals surface area contributed by atoms with Crippen LogP contribution in [-0.4, -0.2) is 26.5 Å². The molecule has 0 saturated heterocycles. The number of rotatable bonds is 4. The highest BCUT2D eigenvalue weighted by molar-refractivity contribution is 5.62. The number of nitrogens with zero attached hydrogens (tertiary/aromatic N) is 5. The molecule has 116 valence electrons. The number of fused-ring (bicyclic) bond motifs is 1. The molecule has 2 aromatic heterocycles. The molecule has 0 aliphatic carbocycles. The van der Waals surface area contributed by atoms with Crippen molar-refractivity contribution in [1.29, 1.82) is 0 Å². The summed E-state index contributed by atoms with van der Waals surface area (Å²) in [7, 11) is 0. The van der Waals surface area contributed by atoms with Crippen LogP contribution in [0.4, 0.5) is 5.69 Å². The third-order valence-corrected chi connectivity index (χ3v) is 4.29. The maximum absolute atomic E-state index is 4.33. The molecule has 3 heterocycles. The van der Waals surface area contributed by atoms with Gasteiger partial charge in [0.2, 0.25) is 0 Å². The van der Waals surface area contributed by atoms with Gasteiger partial charge in [0.15, 0.2) is 0 Å². The van der Waals surface area contributed by atoms with Crippen LogP contribution < -0.4 is 4.90 Å². The second kappa shape index (κ2) is 5.83. The summed E-state index contributed by atoms with van der Waals surface area (Å²) in [6.07, 6.45) is 6.79. The van der Waals surface area contributed by atoms with E-state index in [0.717, 1.165) is 30.8 Å². The van der Waals surface area contributed by atoms with Crippen LogP contribution in [0.3, 0.4) is 0 Å². The molecule has 0 amide bonds. The van der Waals surface area contributed by atoms with Crippen molar-refractivity contribution in [2.24, 2.45) is 0 Å². The molecular weight excluding hydrogens is 286 g/mol. The lowest BCUT2D eigenvalue weighted by Gasteiger charge is -2.19. The Kier molecular flexibility index (Phi) is 3.54. The summed E-state index contributed by atoms with van der Waals surface area (Å²) in [6.45, 7) is 4.74. The number of aromatic nitrogens is 4. The van der Waals surface area contributed by atoms with Gasteiger partial charge in [-0.15, -0.1) is 5.10 Å². The highest BCUT2D eigenvalue weighted by Gasteiger charge is 2.21. The molecule has 5 nitrogen and oxygen atoms in total. The maximum Gasteiger partial charge on any atom is 0.102 e. The summed E-state index contributed by atoms with van der Waals surface area (Å²) in [5, 5.41) is 8.57. The average molecular weight is 305 g/mol. The number of anilines is 1. The number of para-hydroxylation sites is 1. The zero-order valence-electron chi connectivity index (χ0n) is 13.2. The molecule has 0 N–H and O–H groups in total. The van der Waals surface area contributed by atoms with Gasteiger partial charge in [-0.05, 0) is 36.1 Å². The summed E-state index contributed by atoms with van der Waals surface area (Å²) in [4.78, 5) is 6.54. The van der Waals surface area contributed by atoms with Crippen LogP contribution in [0, 0.1) is 6.92 Å². The SMILES string of the molecule is Cc1cccc2c1N(Cc1cn(Cc3cccnc3)nn1)CC2. The molecule has 3 aromatic rings. The molecule has 0 unspecified atom stereocenters. The van der Waals surface area contributed by atoms with Gasteiger partial charge in [0.25, 0.3) is 0 Å². The Labute approximate surface area is 135 Å². The van der Waals surface area contributed by atoms with E-state index < -0.39 is 0 Å². The van der Waals surface area contributed by atoms with Crippen LogP contribution in [0.1, 0.15) is 22.4 Å². The van der Waals surface area contributed by atoms with E-state index in [4.69, 9.17) is 0 Å². The van der Waals surface area contributed by atoms with Crippen molar-refractivity contribution in [2.75, 3.05) is 11.4 Å². The van der Waals surface area contributed by atoms with E-state index in [-0.39, 0.29) is 0 Å². The molecule has 1 aliphatic rings. The number of hydrogen-bond donors (Lipinski definition) is 0. The molecule has 1 aromatic carbocycles. The summed E-state index contributed by atoms with van der Waals surface area (Å²) in [5.41, 5.74) is 6.28. The minimum atomic E-state index is 0.705. The fourth-order valence-corrected chi connectivity index (χ4v) is 3.26. The average Bonchev–Trinajstić information content (AvgIpc) is 3.17. The Morgan fingerprint density at radius 3 is 2.96 bits per heavy atom. The highest BCUT2D eigenvalue weighted by atomic mass is 15.4.